The van der Waals surface area contributed by atoms with Gasteiger partial charge in [-0.2, -0.15) is 0 Å². The van der Waals surface area contributed by atoms with Gasteiger partial charge < -0.3 is 5.32 Å². The van der Waals surface area contributed by atoms with Crippen LogP contribution in [0.5, 0.6) is 0 Å². The highest BCUT2D eigenvalue weighted by molar-refractivity contribution is 7.98. The number of benzene rings is 3. The summed E-state index contributed by atoms with van der Waals surface area (Å²) in [7, 11) is 0. The summed E-state index contributed by atoms with van der Waals surface area (Å²) in [6.07, 6.45) is 0. The van der Waals surface area contributed by atoms with Crippen molar-refractivity contribution in [2.24, 2.45) is 0 Å². The summed E-state index contributed by atoms with van der Waals surface area (Å²) in [5.41, 5.74) is 4.29. The molecule has 3 aromatic carbocycles. The number of nitro groups is 1. The first-order chi connectivity index (χ1) is 15.1. The molecule has 0 fully saturated rings. The van der Waals surface area contributed by atoms with Crippen molar-refractivity contribution in [2.75, 3.05) is 5.32 Å². The molecule has 4 aromatic rings. The molecule has 0 spiro atoms. The number of non-ortho nitro benzene ring substituents is 1. The van der Waals surface area contributed by atoms with Crippen molar-refractivity contribution < 1.29 is 4.92 Å². The molecular weight excluding hydrogens is 410 g/mol. The molecule has 156 valence electrons. The molecule has 1 aromatic heterocycles. The molecule has 31 heavy (non-hydrogen) atoms. The van der Waals surface area contributed by atoms with Crippen molar-refractivity contribution in [3.8, 4) is 5.69 Å². The molecule has 0 saturated heterocycles. The predicted molar refractivity (Wildman–Crippen MR) is 123 cm³/mol. The van der Waals surface area contributed by atoms with Crippen LogP contribution in [0.15, 0.2) is 84.0 Å². The van der Waals surface area contributed by atoms with Crippen LogP contribution in [0.2, 0.25) is 0 Å². The highest BCUT2D eigenvalue weighted by Crippen LogP contribution is 2.26. The van der Waals surface area contributed by atoms with Crippen LogP contribution in [0.3, 0.4) is 0 Å². The van der Waals surface area contributed by atoms with E-state index in [4.69, 9.17) is 0 Å². The zero-order chi connectivity index (χ0) is 21.6. The molecule has 0 aliphatic carbocycles. The van der Waals surface area contributed by atoms with Crippen LogP contribution < -0.4 is 5.32 Å². The second kappa shape index (κ2) is 9.44. The average Bonchev–Trinajstić information content (AvgIpc) is 3.21. The zero-order valence-corrected chi connectivity index (χ0v) is 17.7. The van der Waals surface area contributed by atoms with Crippen LogP contribution in [0, 0.1) is 17.0 Å². The average molecular weight is 432 g/mol. The van der Waals surface area contributed by atoms with Crippen LogP contribution in [-0.4, -0.2) is 19.7 Å². The Kier molecular flexibility index (Phi) is 6.28. The number of hydrogen-bond donors (Lipinski definition) is 1. The molecule has 8 heteroatoms. The van der Waals surface area contributed by atoms with Gasteiger partial charge in [-0.15, -0.1) is 10.2 Å². The third kappa shape index (κ3) is 5.10. The van der Waals surface area contributed by atoms with E-state index in [2.05, 4.69) is 34.6 Å². The number of thioether (sulfide) groups is 1. The topological polar surface area (TPSA) is 85.9 Å². The summed E-state index contributed by atoms with van der Waals surface area (Å²) in [6.45, 7) is 2.59. The number of hydrogen-bond acceptors (Lipinski definition) is 6. The SMILES string of the molecule is Cc1ccc(NCc2nnc(SCc3ccc([N+](=O)[O-])cc3)n2-c2ccccc2)cc1. The molecule has 0 unspecified atom stereocenters. The van der Waals surface area contributed by atoms with E-state index in [1.165, 1.54) is 17.7 Å². The second-order valence-electron chi connectivity index (χ2n) is 7.00. The Bertz CT molecular complexity index is 1160. The number of para-hydroxylation sites is 1. The summed E-state index contributed by atoms with van der Waals surface area (Å²) in [4.78, 5) is 10.5. The summed E-state index contributed by atoms with van der Waals surface area (Å²) < 4.78 is 2.04. The number of aromatic nitrogens is 3. The first-order valence-corrected chi connectivity index (χ1v) is 10.7. The van der Waals surface area contributed by atoms with Crippen LogP contribution >= 0.6 is 11.8 Å². The largest absolute Gasteiger partial charge is 0.378 e. The van der Waals surface area contributed by atoms with Crippen LogP contribution in [-0.2, 0) is 12.3 Å². The molecular formula is C23H21N5O2S. The van der Waals surface area contributed by atoms with E-state index < -0.39 is 4.92 Å². The molecule has 7 nitrogen and oxygen atoms in total. The minimum Gasteiger partial charge on any atom is -0.378 e. The lowest BCUT2D eigenvalue weighted by atomic mass is 10.2. The maximum atomic E-state index is 10.8. The van der Waals surface area contributed by atoms with Crippen molar-refractivity contribution >= 4 is 23.1 Å². The Labute approximate surface area is 184 Å². The Morgan fingerprint density at radius 3 is 2.35 bits per heavy atom. The predicted octanol–water partition coefficient (Wildman–Crippen LogP) is 5.39. The zero-order valence-electron chi connectivity index (χ0n) is 16.9. The van der Waals surface area contributed by atoms with Crippen LogP contribution in [0.25, 0.3) is 5.69 Å². The van der Waals surface area contributed by atoms with Crippen molar-refractivity contribution in [2.45, 2.75) is 24.4 Å². The van der Waals surface area contributed by atoms with Gasteiger partial charge in [-0.3, -0.25) is 14.7 Å². The normalized spacial score (nSPS) is 10.7. The molecule has 0 atom stereocenters. The quantitative estimate of drug-likeness (QED) is 0.229. The highest BCUT2D eigenvalue weighted by Gasteiger charge is 2.15. The molecule has 0 amide bonds. The summed E-state index contributed by atoms with van der Waals surface area (Å²) in [5.74, 6) is 1.44. The van der Waals surface area contributed by atoms with Crippen molar-refractivity contribution in [3.63, 3.8) is 0 Å². The van der Waals surface area contributed by atoms with E-state index in [-0.39, 0.29) is 5.69 Å². The van der Waals surface area contributed by atoms with Gasteiger partial charge in [-0.05, 0) is 36.8 Å². The van der Waals surface area contributed by atoms with E-state index in [0.717, 1.165) is 27.9 Å². The summed E-state index contributed by atoms with van der Waals surface area (Å²) in [5, 5.41) is 23.8. The number of rotatable bonds is 8. The number of anilines is 1. The highest BCUT2D eigenvalue weighted by atomic mass is 32.2. The molecule has 0 radical (unpaired) electrons. The molecule has 1 heterocycles. The third-order valence-electron chi connectivity index (χ3n) is 4.73. The van der Waals surface area contributed by atoms with E-state index in [1.807, 2.05) is 47.0 Å². The molecule has 0 aliphatic heterocycles. The molecule has 4 rings (SSSR count). The Hall–Kier alpha value is -3.65. The van der Waals surface area contributed by atoms with Crippen LogP contribution in [0.1, 0.15) is 17.0 Å². The maximum absolute atomic E-state index is 10.8. The fourth-order valence-corrected chi connectivity index (χ4v) is 3.99. The van der Waals surface area contributed by atoms with Crippen molar-refractivity contribution in [1.82, 2.24) is 14.8 Å². The minimum absolute atomic E-state index is 0.0886. The van der Waals surface area contributed by atoms with E-state index in [9.17, 15) is 10.1 Å². The van der Waals surface area contributed by atoms with E-state index in [0.29, 0.717) is 12.3 Å². The van der Waals surface area contributed by atoms with Crippen molar-refractivity contribution in [3.05, 3.63) is 106 Å². The van der Waals surface area contributed by atoms with Gasteiger partial charge in [0.05, 0.1) is 11.5 Å². The monoisotopic (exact) mass is 431 g/mol. The number of nitro benzene ring substituents is 1. The van der Waals surface area contributed by atoms with Gasteiger partial charge in [-0.1, -0.05) is 59.8 Å². The lowest BCUT2D eigenvalue weighted by Crippen LogP contribution is -2.08. The van der Waals surface area contributed by atoms with Gasteiger partial charge in [-0.25, -0.2) is 0 Å². The Balaban J connectivity index is 1.54. The van der Waals surface area contributed by atoms with E-state index in [1.54, 1.807) is 23.9 Å². The first-order valence-electron chi connectivity index (χ1n) is 9.76. The standard InChI is InChI=1S/C23H21N5O2S/c1-17-7-11-19(12-8-17)24-15-22-25-26-23(27(22)20-5-3-2-4-6-20)31-16-18-9-13-21(14-10-18)28(29)30/h2-14,24H,15-16H2,1H3. The Morgan fingerprint density at radius 1 is 0.968 bits per heavy atom. The van der Waals surface area contributed by atoms with E-state index >= 15 is 0 Å². The fraction of sp³-hybridized carbons (Fsp3) is 0.130. The summed E-state index contributed by atoms with van der Waals surface area (Å²) in [6, 6.07) is 24.8. The van der Waals surface area contributed by atoms with Gasteiger partial charge in [0.1, 0.15) is 0 Å². The lowest BCUT2D eigenvalue weighted by Gasteiger charge is -2.11. The minimum atomic E-state index is -0.393. The maximum Gasteiger partial charge on any atom is 0.269 e. The third-order valence-corrected chi connectivity index (χ3v) is 5.73. The molecule has 1 N–H and O–H groups in total. The second-order valence-corrected chi connectivity index (χ2v) is 7.94. The smallest absolute Gasteiger partial charge is 0.269 e. The lowest BCUT2D eigenvalue weighted by molar-refractivity contribution is -0.384. The van der Waals surface area contributed by atoms with Gasteiger partial charge in [0.2, 0.25) is 0 Å². The van der Waals surface area contributed by atoms with Gasteiger partial charge in [0.15, 0.2) is 11.0 Å². The van der Waals surface area contributed by atoms with Crippen molar-refractivity contribution in [1.29, 1.82) is 0 Å². The first kappa shape index (κ1) is 20.6. The molecule has 0 bridgehead atoms. The van der Waals surface area contributed by atoms with Gasteiger partial charge in [0.25, 0.3) is 5.69 Å². The number of nitrogens with one attached hydrogen (secondary N) is 1. The molecule has 0 aliphatic rings. The fourth-order valence-electron chi connectivity index (χ4n) is 3.06. The summed E-state index contributed by atoms with van der Waals surface area (Å²) >= 11 is 1.55. The van der Waals surface area contributed by atoms with Crippen LogP contribution in [0.4, 0.5) is 11.4 Å². The molecule has 0 saturated carbocycles. The number of nitrogens with zero attached hydrogens (tertiary/aromatic N) is 4. The van der Waals surface area contributed by atoms with Gasteiger partial charge >= 0.3 is 0 Å². The number of aryl methyl sites for hydroxylation is 1. The van der Waals surface area contributed by atoms with Gasteiger partial charge in [0, 0.05) is 29.3 Å². The Morgan fingerprint density at radius 2 is 1.68 bits per heavy atom.